The van der Waals surface area contributed by atoms with E-state index >= 15 is 0 Å². The Labute approximate surface area is 123 Å². The van der Waals surface area contributed by atoms with Gasteiger partial charge in [-0.1, -0.05) is 6.92 Å². The molecule has 0 aromatic carbocycles. The zero-order valence-electron chi connectivity index (χ0n) is 12.0. The number of carbonyl (C=O) groups excluding carboxylic acids is 1. The van der Waals surface area contributed by atoms with Crippen LogP contribution in [0.2, 0.25) is 0 Å². The van der Waals surface area contributed by atoms with Gasteiger partial charge in [0.05, 0.1) is 12.4 Å². The Morgan fingerprint density at radius 3 is 2.95 bits per heavy atom. The van der Waals surface area contributed by atoms with Gasteiger partial charge in [0.1, 0.15) is 12.0 Å². The number of nitrogens with one attached hydrogen (secondary N) is 1. The Kier molecular flexibility index (Phi) is 3.94. The van der Waals surface area contributed by atoms with Gasteiger partial charge in [-0.25, -0.2) is 15.0 Å². The van der Waals surface area contributed by atoms with Gasteiger partial charge in [0.15, 0.2) is 0 Å². The van der Waals surface area contributed by atoms with Crippen molar-refractivity contribution in [1.29, 1.82) is 0 Å². The molecule has 1 amide bonds. The molecule has 3 rings (SSSR count). The Morgan fingerprint density at radius 1 is 1.33 bits per heavy atom. The molecule has 3 atom stereocenters. The summed E-state index contributed by atoms with van der Waals surface area (Å²) in [6.07, 6.45) is 11.7. The molecule has 1 saturated carbocycles. The van der Waals surface area contributed by atoms with Crippen LogP contribution in [0, 0.1) is 5.92 Å². The van der Waals surface area contributed by atoms with Crippen LogP contribution in [0.3, 0.4) is 0 Å². The molecule has 2 aromatic heterocycles. The number of amides is 1. The Morgan fingerprint density at radius 2 is 2.24 bits per heavy atom. The fourth-order valence-corrected chi connectivity index (χ4v) is 2.98. The van der Waals surface area contributed by atoms with Gasteiger partial charge in [-0.3, -0.25) is 4.79 Å². The van der Waals surface area contributed by atoms with Crippen LogP contribution in [0.25, 0.3) is 0 Å². The smallest absolute Gasteiger partial charge is 0.270 e. The molecule has 1 fully saturated rings. The topological polar surface area (TPSA) is 72.7 Å². The van der Waals surface area contributed by atoms with Crippen LogP contribution in [0.1, 0.15) is 42.7 Å². The van der Waals surface area contributed by atoms with Crippen LogP contribution >= 0.6 is 0 Å². The molecule has 0 unspecified atom stereocenters. The van der Waals surface area contributed by atoms with E-state index in [0.717, 1.165) is 19.3 Å². The summed E-state index contributed by atoms with van der Waals surface area (Å²) in [4.78, 5) is 24.2. The molecule has 21 heavy (non-hydrogen) atoms. The summed E-state index contributed by atoms with van der Waals surface area (Å²) in [5.74, 6) is 0.520. The first kappa shape index (κ1) is 13.7. The molecule has 1 aliphatic carbocycles. The highest BCUT2D eigenvalue weighted by Gasteiger charge is 2.31. The SMILES string of the molecule is C[C@@H]1CC[C@@H](NC(=O)c2ccncn2)[C@H](n2ccnc2)C1. The summed E-state index contributed by atoms with van der Waals surface area (Å²) < 4.78 is 2.10. The third kappa shape index (κ3) is 3.09. The molecule has 0 aliphatic heterocycles. The first-order chi connectivity index (χ1) is 10.2. The molecule has 2 heterocycles. The summed E-state index contributed by atoms with van der Waals surface area (Å²) in [5, 5.41) is 3.12. The first-order valence-corrected chi connectivity index (χ1v) is 7.28. The predicted octanol–water partition coefficient (Wildman–Crippen LogP) is 1.83. The number of hydrogen-bond acceptors (Lipinski definition) is 4. The summed E-state index contributed by atoms with van der Waals surface area (Å²) in [6, 6.07) is 1.99. The maximum Gasteiger partial charge on any atom is 0.270 e. The van der Waals surface area contributed by atoms with E-state index in [1.165, 1.54) is 6.33 Å². The van der Waals surface area contributed by atoms with Crippen molar-refractivity contribution >= 4 is 5.91 Å². The number of nitrogens with zero attached hydrogens (tertiary/aromatic N) is 4. The molecule has 0 saturated heterocycles. The summed E-state index contributed by atoms with van der Waals surface area (Å²) >= 11 is 0. The van der Waals surface area contributed by atoms with Gasteiger partial charge in [-0.15, -0.1) is 0 Å². The van der Waals surface area contributed by atoms with Crippen LogP contribution in [-0.2, 0) is 0 Å². The maximum atomic E-state index is 12.3. The van der Waals surface area contributed by atoms with Crippen LogP contribution in [0.5, 0.6) is 0 Å². The predicted molar refractivity (Wildman–Crippen MR) is 77.6 cm³/mol. The van der Waals surface area contributed by atoms with Gasteiger partial charge >= 0.3 is 0 Å². The Hall–Kier alpha value is -2.24. The molecule has 6 heteroatoms. The normalized spacial score (nSPS) is 25.5. The summed E-state index contributed by atoms with van der Waals surface area (Å²) in [5.41, 5.74) is 0.410. The number of aromatic nitrogens is 4. The van der Waals surface area contributed by atoms with Crippen molar-refractivity contribution < 1.29 is 4.79 Å². The van der Waals surface area contributed by atoms with E-state index < -0.39 is 0 Å². The highest BCUT2D eigenvalue weighted by Crippen LogP contribution is 2.32. The highest BCUT2D eigenvalue weighted by molar-refractivity contribution is 5.92. The van der Waals surface area contributed by atoms with E-state index in [4.69, 9.17) is 0 Å². The molecule has 1 N–H and O–H groups in total. The second kappa shape index (κ2) is 6.03. The lowest BCUT2D eigenvalue weighted by molar-refractivity contribution is 0.0891. The lowest BCUT2D eigenvalue weighted by Crippen LogP contribution is -2.44. The van der Waals surface area contributed by atoms with Crippen LogP contribution in [-0.4, -0.2) is 31.5 Å². The van der Waals surface area contributed by atoms with Crippen molar-refractivity contribution in [3.63, 3.8) is 0 Å². The fourth-order valence-electron chi connectivity index (χ4n) is 2.98. The van der Waals surface area contributed by atoms with E-state index in [1.807, 2.05) is 12.5 Å². The van der Waals surface area contributed by atoms with Crippen molar-refractivity contribution in [3.05, 3.63) is 43.0 Å². The molecule has 6 nitrogen and oxygen atoms in total. The van der Waals surface area contributed by atoms with E-state index in [2.05, 4.69) is 31.8 Å². The zero-order valence-corrected chi connectivity index (χ0v) is 12.0. The minimum atomic E-state index is -0.137. The largest absolute Gasteiger partial charge is 0.346 e. The van der Waals surface area contributed by atoms with E-state index in [-0.39, 0.29) is 18.0 Å². The molecule has 2 aromatic rings. The lowest BCUT2D eigenvalue weighted by Gasteiger charge is -2.36. The third-order valence-corrected chi connectivity index (χ3v) is 4.12. The fraction of sp³-hybridized carbons (Fsp3) is 0.467. The Balaban J connectivity index is 1.75. The molecular formula is C15H19N5O. The van der Waals surface area contributed by atoms with Crippen molar-refractivity contribution in [2.24, 2.45) is 5.92 Å². The molecule has 0 radical (unpaired) electrons. The van der Waals surface area contributed by atoms with Crippen molar-refractivity contribution in [1.82, 2.24) is 24.8 Å². The van der Waals surface area contributed by atoms with Crippen LogP contribution in [0.4, 0.5) is 0 Å². The van der Waals surface area contributed by atoms with E-state index in [1.54, 1.807) is 18.5 Å². The van der Waals surface area contributed by atoms with E-state index in [9.17, 15) is 4.79 Å². The summed E-state index contributed by atoms with van der Waals surface area (Å²) in [7, 11) is 0. The minimum Gasteiger partial charge on any atom is -0.346 e. The van der Waals surface area contributed by atoms with Gasteiger partial charge in [0, 0.05) is 24.6 Å². The van der Waals surface area contributed by atoms with E-state index in [0.29, 0.717) is 11.6 Å². The lowest BCUT2D eigenvalue weighted by atomic mass is 9.83. The van der Waals surface area contributed by atoms with Gasteiger partial charge in [0.25, 0.3) is 5.91 Å². The molecule has 110 valence electrons. The van der Waals surface area contributed by atoms with Gasteiger partial charge < -0.3 is 9.88 Å². The summed E-state index contributed by atoms with van der Waals surface area (Å²) in [6.45, 7) is 2.26. The highest BCUT2D eigenvalue weighted by atomic mass is 16.1. The number of carbonyl (C=O) groups is 1. The average molecular weight is 285 g/mol. The van der Waals surface area contributed by atoms with Gasteiger partial charge in [-0.2, -0.15) is 0 Å². The molecular weight excluding hydrogens is 266 g/mol. The molecule has 0 spiro atoms. The second-order valence-electron chi connectivity index (χ2n) is 5.67. The molecule has 1 aliphatic rings. The Bertz CT molecular complexity index is 583. The zero-order chi connectivity index (χ0) is 14.7. The second-order valence-corrected chi connectivity index (χ2v) is 5.67. The molecule has 0 bridgehead atoms. The quantitative estimate of drug-likeness (QED) is 0.934. The van der Waals surface area contributed by atoms with Crippen LogP contribution < -0.4 is 5.32 Å². The van der Waals surface area contributed by atoms with Crippen molar-refractivity contribution in [2.75, 3.05) is 0 Å². The first-order valence-electron chi connectivity index (χ1n) is 7.28. The monoisotopic (exact) mass is 285 g/mol. The average Bonchev–Trinajstić information content (AvgIpc) is 3.04. The van der Waals surface area contributed by atoms with Crippen molar-refractivity contribution in [3.8, 4) is 0 Å². The number of imidazole rings is 1. The maximum absolute atomic E-state index is 12.3. The number of rotatable bonds is 3. The number of hydrogen-bond donors (Lipinski definition) is 1. The van der Waals surface area contributed by atoms with Gasteiger partial charge in [0.2, 0.25) is 0 Å². The third-order valence-electron chi connectivity index (χ3n) is 4.12. The minimum absolute atomic E-state index is 0.109. The van der Waals surface area contributed by atoms with Gasteiger partial charge in [-0.05, 0) is 31.2 Å². The standard InChI is InChI=1S/C15H19N5O/c1-11-2-3-12(14(8-11)20-7-6-17-10-20)19-15(21)13-4-5-16-9-18-13/h4-7,9-12,14H,2-3,8H2,1H3,(H,19,21)/t11-,12-,14-/m1/s1. The van der Waals surface area contributed by atoms with Crippen LogP contribution in [0.15, 0.2) is 37.3 Å². The van der Waals surface area contributed by atoms with Crippen molar-refractivity contribution in [2.45, 2.75) is 38.3 Å².